The van der Waals surface area contributed by atoms with E-state index in [0.717, 1.165) is 37.1 Å². The summed E-state index contributed by atoms with van der Waals surface area (Å²) in [5, 5.41) is 4.45. The van der Waals surface area contributed by atoms with Crippen LogP contribution in [0.3, 0.4) is 0 Å². The van der Waals surface area contributed by atoms with Crippen molar-refractivity contribution in [3.63, 3.8) is 0 Å². The van der Waals surface area contributed by atoms with E-state index in [2.05, 4.69) is 17.4 Å². The Morgan fingerprint density at radius 2 is 2.14 bits per heavy atom. The first-order valence-corrected chi connectivity index (χ1v) is 8.23. The molecule has 0 amide bonds. The first kappa shape index (κ1) is 16.8. The van der Waals surface area contributed by atoms with Crippen LogP contribution in [0.4, 0.5) is 0 Å². The lowest BCUT2D eigenvalue weighted by Gasteiger charge is -2.18. The minimum atomic E-state index is 0.510. The molecule has 1 atom stereocenters. The van der Waals surface area contributed by atoms with Gasteiger partial charge < -0.3 is 14.8 Å². The molecule has 1 aliphatic carbocycles. The van der Waals surface area contributed by atoms with Crippen LogP contribution in [0.2, 0.25) is 5.02 Å². The fourth-order valence-corrected chi connectivity index (χ4v) is 2.62. The van der Waals surface area contributed by atoms with Crippen molar-refractivity contribution in [2.75, 3.05) is 33.5 Å². The highest BCUT2D eigenvalue weighted by molar-refractivity contribution is 6.30. The van der Waals surface area contributed by atoms with Crippen LogP contribution in [0.5, 0.6) is 0 Å². The lowest BCUT2D eigenvalue weighted by molar-refractivity contribution is 0.0681. The summed E-state index contributed by atoms with van der Waals surface area (Å²) in [5.41, 5.74) is 1.33. The topological polar surface area (TPSA) is 30.5 Å². The average Bonchev–Trinajstić information content (AvgIpc) is 3.30. The third-order valence-electron chi connectivity index (χ3n) is 3.82. The van der Waals surface area contributed by atoms with Crippen molar-refractivity contribution in [1.82, 2.24) is 5.32 Å². The van der Waals surface area contributed by atoms with Crippen LogP contribution in [0.15, 0.2) is 24.3 Å². The quantitative estimate of drug-likeness (QED) is 0.633. The van der Waals surface area contributed by atoms with Gasteiger partial charge in [0.05, 0.1) is 13.2 Å². The molecule has 2 rings (SSSR count). The minimum absolute atomic E-state index is 0.510. The molecular formula is C17H26ClNO2. The molecule has 1 saturated carbocycles. The third kappa shape index (κ3) is 6.79. The van der Waals surface area contributed by atoms with Gasteiger partial charge in [-0.2, -0.15) is 0 Å². The summed E-state index contributed by atoms with van der Waals surface area (Å²) in [5.74, 6) is 0.510. The van der Waals surface area contributed by atoms with Gasteiger partial charge >= 0.3 is 0 Å². The molecule has 0 bridgehead atoms. The summed E-state index contributed by atoms with van der Waals surface area (Å²) >= 11 is 6.12. The van der Waals surface area contributed by atoms with E-state index in [1.807, 2.05) is 12.1 Å². The van der Waals surface area contributed by atoms with E-state index in [1.165, 1.54) is 18.4 Å². The van der Waals surface area contributed by atoms with Crippen molar-refractivity contribution in [2.45, 2.75) is 37.6 Å². The molecule has 0 heterocycles. The van der Waals surface area contributed by atoms with Crippen molar-refractivity contribution in [2.24, 2.45) is 0 Å². The zero-order valence-corrected chi connectivity index (χ0v) is 13.6. The fourth-order valence-electron chi connectivity index (χ4n) is 2.42. The summed E-state index contributed by atoms with van der Waals surface area (Å²) in [6, 6.07) is 8.98. The normalized spacial score (nSPS) is 16.1. The van der Waals surface area contributed by atoms with Gasteiger partial charge in [-0.15, -0.1) is 0 Å². The summed E-state index contributed by atoms with van der Waals surface area (Å²) in [4.78, 5) is 0. The number of halogens is 1. The molecule has 0 saturated heterocycles. The van der Waals surface area contributed by atoms with Gasteiger partial charge in [-0.05, 0) is 49.3 Å². The largest absolute Gasteiger partial charge is 0.382 e. The number of hydrogen-bond acceptors (Lipinski definition) is 3. The molecule has 1 unspecified atom stereocenters. The van der Waals surface area contributed by atoms with Gasteiger partial charge in [0.1, 0.15) is 0 Å². The number of methoxy groups -OCH3 is 1. The highest BCUT2D eigenvalue weighted by atomic mass is 35.5. The van der Waals surface area contributed by atoms with Crippen LogP contribution in [0.1, 0.15) is 37.2 Å². The number of rotatable bonds is 11. The van der Waals surface area contributed by atoms with Crippen molar-refractivity contribution in [3.05, 3.63) is 34.9 Å². The molecule has 21 heavy (non-hydrogen) atoms. The first-order chi connectivity index (χ1) is 10.3. The SMILES string of the molecule is COCCOCCCC(CNC1CC1)c1cccc(Cl)c1. The number of hydrogen-bond donors (Lipinski definition) is 1. The van der Waals surface area contributed by atoms with Crippen molar-refractivity contribution in [3.8, 4) is 0 Å². The van der Waals surface area contributed by atoms with Crippen LogP contribution in [0.25, 0.3) is 0 Å². The van der Waals surface area contributed by atoms with Gasteiger partial charge in [-0.3, -0.25) is 0 Å². The summed E-state index contributed by atoms with van der Waals surface area (Å²) < 4.78 is 10.5. The maximum absolute atomic E-state index is 6.12. The highest BCUT2D eigenvalue weighted by Crippen LogP contribution is 2.26. The van der Waals surface area contributed by atoms with Gasteiger partial charge in [-0.1, -0.05) is 23.7 Å². The lowest BCUT2D eigenvalue weighted by atomic mass is 9.94. The summed E-state index contributed by atoms with van der Waals surface area (Å²) in [6.45, 7) is 3.17. The van der Waals surface area contributed by atoms with Gasteiger partial charge in [-0.25, -0.2) is 0 Å². The highest BCUT2D eigenvalue weighted by Gasteiger charge is 2.22. The van der Waals surface area contributed by atoms with Crippen molar-refractivity contribution >= 4 is 11.6 Å². The van der Waals surface area contributed by atoms with E-state index < -0.39 is 0 Å². The van der Waals surface area contributed by atoms with E-state index in [0.29, 0.717) is 19.1 Å². The van der Waals surface area contributed by atoms with Crippen molar-refractivity contribution in [1.29, 1.82) is 0 Å². The van der Waals surface area contributed by atoms with Crippen LogP contribution in [-0.2, 0) is 9.47 Å². The smallest absolute Gasteiger partial charge is 0.0700 e. The second-order valence-electron chi connectivity index (χ2n) is 5.68. The van der Waals surface area contributed by atoms with E-state index in [9.17, 15) is 0 Å². The Balaban J connectivity index is 1.77. The van der Waals surface area contributed by atoms with Crippen molar-refractivity contribution < 1.29 is 9.47 Å². The zero-order valence-electron chi connectivity index (χ0n) is 12.8. The molecule has 0 radical (unpaired) electrons. The Kier molecular flexibility index (Phi) is 7.51. The monoisotopic (exact) mass is 311 g/mol. The molecule has 1 N–H and O–H groups in total. The molecule has 1 fully saturated rings. The number of ether oxygens (including phenoxy) is 2. The van der Waals surface area contributed by atoms with E-state index >= 15 is 0 Å². The second kappa shape index (κ2) is 9.42. The number of nitrogens with one attached hydrogen (secondary N) is 1. The van der Waals surface area contributed by atoms with Crippen LogP contribution in [-0.4, -0.2) is 39.5 Å². The Morgan fingerprint density at radius 1 is 1.29 bits per heavy atom. The third-order valence-corrected chi connectivity index (χ3v) is 4.06. The number of benzene rings is 1. The molecule has 1 aliphatic rings. The first-order valence-electron chi connectivity index (χ1n) is 7.85. The standard InChI is InChI=1S/C17H26ClNO2/c1-20-10-11-21-9-3-5-15(13-19-17-7-8-17)14-4-2-6-16(18)12-14/h2,4,6,12,15,17,19H,3,5,7-11,13H2,1H3. The van der Waals surface area contributed by atoms with Gasteiger partial charge in [0, 0.05) is 31.3 Å². The molecule has 4 heteroatoms. The molecular weight excluding hydrogens is 286 g/mol. The maximum atomic E-state index is 6.12. The Labute approximate surface area is 133 Å². The molecule has 1 aromatic rings. The second-order valence-corrected chi connectivity index (χ2v) is 6.12. The predicted octanol–water partition coefficient (Wildman–Crippen LogP) is 3.62. The van der Waals surface area contributed by atoms with E-state index in [-0.39, 0.29) is 0 Å². The van der Waals surface area contributed by atoms with E-state index in [4.69, 9.17) is 21.1 Å². The van der Waals surface area contributed by atoms with Crippen LogP contribution in [0, 0.1) is 0 Å². The average molecular weight is 312 g/mol. The van der Waals surface area contributed by atoms with Gasteiger partial charge in [0.2, 0.25) is 0 Å². The fraction of sp³-hybridized carbons (Fsp3) is 0.647. The van der Waals surface area contributed by atoms with E-state index in [1.54, 1.807) is 7.11 Å². The Hall–Kier alpha value is -0.610. The van der Waals surface area contributed by atoms with Gasteiger partial charge in [0.25, 0.3) is 0 Å². The summed E-state index contributed by atoms with van der Waals surface area (Å²) in [6.07, 6.45) is 4.82. The Bertz CT molecular complexity index is 410. The molecule has 0 spiro atoms. The van der Waals surface area contributed by atoms with Crippen LogP contribution >= 0.6 is 11.6 Å². The Morgan fingerprint density at radius 3 is 2.86 bits per heavy atom. The maximum Gasteiger partial charge on any atom is 0.0700 e. The molecule has 0 aliphatic heterocycles. The van der Waals surface area contributed by atoms with Gasteiger partial charge in [0.15, 0.2) is 0 Å². The minimum Gasteiger partial charge on any atom is -0.382 e. The molecule has 0 aromatic heterocycles. The lowest BCUT2D eigenvalue weighted by Crippen LogP contribution is -2.24. The predicted molar refractivity (Wildman–Crippen MR) is 87.1 cm³/mol. The summed E-state index contributed by atoms with van der Waals surface area (Å²) in [7, 11) is 1.70. The van der Waals surface area contributed by atoms with Crippen LogP contribution < -0.4 is 5.32 Å². The zero-order chi connectivity index (χ0) is 14.9. The molecule has 1 aromatic carbocycles. The molecule has 118 valence electrons. The molecule has 3 nitrogen and oxygen atoms in total.